The van der Waals surface area contributed by atoms with Crippen LogP contribution in [0.2, 0.25) is 0 Å². The number of carbonyl (C=O) groups is 1. The number of ether oxygens (including phenoxy) is 1. The Bertz CT molecular complexity index is 833. The molecule has 1 aliphatic carbocycles. The number of hydrogen-bond acceptors (Lipinski definition) is 4. The van der Waals surface area contributed by atoms with Gasteiger partial charge < -0.3 is 15.0 Å². The fourth-order valence-electron chi connectivity index (χ4n) is 4.92. The summed E-state index contributed by atoms with van der Waals surface area (Å²) in [5.41, 5.74) is 0.907. The number of sulfonamides is 1. The van der Waals surface area contributed by atoms with Crippen molar-refractivity contribution in [1.29, 1.82) is 0 Å². The number of hydrogen-bond donors (Lipinski definition) is 1. The van der Waals surface area contributed by atoms with Gasteiger partial charge in [0.2, 0.25) is 10.0 Å². The summed E-state index contributed by atoms with van der Waals surface area (Å²) >= 11 is 0. The van der Waals surface area contributed by atoms with Crippen LogP contribution in [0.25, 0.3) is 0 Å². The van der Waals surface area contributed by atoms with E-state index < -0.39 is 10.0 Å². The molecular weight excluding hydrogens is 402 g/mol. The minimum Gasteiger partial charge on any atom is -0.375 e. The van der Waals surface area contributed by atoms with Crippen LogP contribution in [-0.2, 0) is 21.2 Å². The molecule has 2 heterocycles. The molecule has 1 aromatic carbocycles. The summed E-state index contributed by atoms with van der Waals surface area (Å²) in [6.07, 6.45) is 7.10. The van der Waals surface area contributed by atoms with Crippen LogP contribution in [0.3, 0.4) is 0 Å². The van der Waals surface area contributed by atoms with Crippen LogP contribution >= 0.6 is 0 Å². The molecular formula is C22H33N3O4S. The van der Waals surface area contributed by atoms with Crippen LogP contribution in [0.5, 0.6) is 0 Å². The monoisotopic (exact) mass is 435 g/mol. The highest BCUT2D eigenvalue weighted by atomic mass is 32.2. The average Bonchev–Trinajstić information content (AvgIpc) is 3.53. The molecule has 0 radical (unpaired) electrons. The van der Waals surface area contributed by atoms with Crippen molar-refractivity contribution in [2.24, 2.45) is 0 Å². The van der Waals surface area contributed by atoms with Gasteiger partial charge in [-0.2, -0.15) is 4.31 Å². The number of nitrogens with zero attached hydrogens (tertiary/aromatic N) is 2. The Kier molecular flexibility index (Phi) is 6.36. The maximum absolute atomic E-state index is 12.5. The second-order valence-corrected chi connectivity index (χ2v) is 10.8. The van der Waals surface area contributed by atoms with Crippen LogP contribution in [0, 0.1) is 0 Å². The first-order valence-electron chi connectivity index (χ1n) is 11.1. The van der Waals surface area contributed by atoms with E-state index in [9.17, 15) is 13.2 Å². The van der Waals surface area contributed by atoms with Crippen molar-refractivity contribution in [1.82, 2.24) is 14.5 Å². The SMILES string of the molecule is CS(=O)(=O)N(C1CC1)C1CCOC2(CCN(C(=O)NCCc3ccccc3)CC2)C1. The highest BCUT2D eigenvalue weighted by Gasteiger charge is 2.47. The first-order chi connectivity index (χ1) is 14.4. The van der Waals surface area contributed by atoms with Gasteiger partial charge in [0.1, 0.15) is 0 Å². The molecule has 3 fully saturated rings. The van der Waals surface area contributed by atoms with Gasteiger partial charge in [0, 0.05) is 38.3 Å². The minimum absolute atomic E-state index is 0.0208. The predicted octanol–water partition coefficient (Wildman–Crippen LogP) is 2.38. The summed E-state index contributed by atoms with van der Waals surface area (Å²) in [5.74, 6) is 0. The molecule has 1 atom stereocenters. The molecule has 2 saturated heterocycles. The predicted molar refractivity (Wildman–Crippen MR) is 116 cm³/mol. The topological polar surface area (TPSA) is 79.0 Å². The molecule has 0 bridgehead atoms. The highest BCUT2D eigenvalue weighted by molar-refractivity contribution is 7.88. The molecule has 1 unspecified atom stereocenters. The van der Waals surface area contributed by atoms with Crippen LogP contribution in [0.4, 0.5) is 4.79 Å². The van der Waals surface area contributed by atoms with E-state index in [2.05, 4.69) is 17.4 Å². The zero-order valence-corrected chi connectivity index (χ0v) is 18.6. The summed E-state index contributed by atoms with van der Waals surface area (Å²) in [5, 5.41) is 3.02. The van der Waals surface area contributed by atoms with E-state index in [1.807, 2.05) is 23.1 Å². The lowest BCUT2D eigenvalue weighted by molar-refractivity contribution is -0.122. The first-order valence-corrected chi connectivity index (χ1v) is 12.9. The Morgan fingerprint density at radius 1 is 1.17 bits per heavy atom. The number of carbonyl (C=O) groups excluding carboxylic acids is 1. The average molecular weight is 436 g/mol. The maximum atomic E-state index is 12.5. The minimum atomic E-state index is -3.21. The van der Waals surface area contributed by atoms with Crippen LogP contribution in [0.1, 0.15) is 44.1 Å². The Hall–Kier alpha value is -1.64. The van der Waals surface area contributed by atoms with Gasteiger partial charge in [-0.15, -0.1) is 0 Å². The third-order valence-electron chi connectivity index (χ3n) is 6.61. The molecule has 3 aliphatic rings. The van der Waals surface area contributed by atoms with Crippen molar-refractivity contribution in [2.45, 2.75) is 62.6 Å². The van der Waals surface area contributed by atoms with Gasteiger partial charge in [-0.25, -0.2) is 13.2 Å². The van der Waals surface area contributed by atoms with Crippen LogP contribution in [-0.4, -0.2) is 73.8 Å². The fraction of sp³-hybridized carbons (Fsp3) is 0.682. The maximum Gasteiger partial charge on any atom is 0.317 e. The lowest BCUT2D eigenvalue weighted by atomic mass is 9.82. The largest absolute Gasteiger partial charge is 0.375 e. The summed E-state index contributed by atoms with van der Waals surface area (Å²) in [4.78, 5) is 14.4. The normalized spacial score (nSPS) is 24.2. The van der Waals surface area contributed by atoms with Crippen molar-refractivity contribution in [3.8, 4) is 0 Å². The van der Waals surface area contributed by atoms with Crippen molar-refractivity contribution in [2.75, 3.05) is 32.5 Å². The van der Waals surface area contributed by atoms with E-state index in [-0.39, 0.29) is 23.7 Å². The number of urea groups is 1. The third-order valence-corrected chi connectivity index (χ3v) is 7.97. The molecule has 1 saturated carbocycles. The standard InChI is InChI=1S/C22H33N3O4S/c1-30(27,28)25(19-7-8-19)20-10-16-29-22(17-20)11-14-24(15-12-22)21(26)23-13-9-18-5-3-2-4-6-18/h2-6,19-20H,7-17H2,1H3,(H,23,26). The number of likely N-dealkylation sites (tertiary alicyclic amines) is 1. The van der Waals surface area contributed by atoms with Gasteiger partial charge >= 0.3 is 6.03 Å². The highest BCUT2D eigenvalue weighted by Crippen LogP contribution is 2.41. The zero-order valence-electron chi connectivity index (χ0n) is 17.8. The lowest BCUT2D eigenvalue weighted by Gasteiger charge is -2.48. The second-order valence-electron chi connectivity index (χ2n) is 8.96. The molecule has 2 amide bonds. The first kappa shape index (κ1) is 21.6. The summed E-state index contributed by atoms with van der Waals surface area (Å²) < 4.78 is 32.6. The number of rotatable bonds is 6. The van der Waals surface area contributed by atoms with Gasteiger partial charge in [0.25, 0.3) is 0 Å². The Balaban J connectivity index is 1.28. The van der Waals surface area contributed by atoms with E-state index in [4.69, 9.17) is 4.74 Å². The van der Waals surface area contributed by atoms with Gasteiger partial charge in [-0.05, 0) is 50.5 Å². The smallest absolute Gasteiger partial charge is 0.317 e. The van der Waals surface area contributed by atoms with E-state index in [0.717, 1.165) is 44.9 Å². The number of piperidine rings is 1. The molecule has 30 heavy (non-hydrogen) atoms. The number of benzene rings is 1. The fourth-order valence-corrected chi connectivity index (χ4v) is 6.40. The molecule has 1 spiro atoms. The molecule has 1 aromatic rings. The van der Waals surface area contributed by atoms with E-state index in [0.29, 0.717) is 26.2 Å². The quantitative estimate of drug-likeness (QED) is 0.744. The van der Waals surface area contributed by atoms with Gasteiger partial charge in [0.15, 0.2) is 0 Å². The number of nitrogens with one attached hydrogen (secondary N) is 1. The molecule has 1 N–H and O–H groups in total. The molecule has 166 valence electrons. The lowest BCUT2D eigenvalue weighted by Crippen LogP contribution is -2.56. The van der Waals surface area contributed by atoms with E-state index in [1.54, 1.807) is 4.31 Å². The van der Waals surface area contributed by atoms with Gasteiger partial charge in [0.05, 0.1) is 11.9 Å². The summed E-state index contributed by atoms with van der Waals surface area (Å²) in [7, 11) is -3.21. The van der Waals surface area contributed by atoms with E-state index >= 15 is 0 Å². The molecule has 2 aliphatic heterocycles. The Morgan fingerprint density at radius 2 is 1.87 bits per heavy atom. The van der Waals surface area contributed by atoms with Crippen molar-refractivity contribution in [3.63, 3.8) is 0 Å². The van der Waals surface area contributed by atoms with Gasteiger partial charge in [-0.3, -0.25) is 0 Å². The molecule has 8 heteroatoms. The van der Waals surface area contributed by atoms with Crippen molar-refractivity contribution in [3.05, 3.63) is 35.9 Å². The summed E-state index contributed by atoms with van der Waals surface area (Å²) in [6.45, 7) is 2.50. The van der Waals surface area contributed by atoms with Crippen LogP contribution < -0.4 is 5.32 Å². The van der Waals surface area contributed by atoms with Crippen molar-refractivity contribution < 1.29 is 17.9 Å². The number of amides is 2. The van der Waals surface area contributed by atoms with Gasteiger partial charge in [-0.1, -0.05) is 30.3 Å². The zero-order chi connectivity index (χ0) is 21.2. The molecule has 7 nitrogen and oxygen atoms in total. The Morgan fingerprint density at radius 3 is 2.50 bits per heavy atom. The molecule has 4 rings (SSSR count). The van der Waals surface area contributed by atoms with Crippen molar-refractivity contribution >= 4 is 16.1 Å². The Labute approximate surface area is 179 Å². The van der Waals surface area contributed by atoms with Crippen LogP contribution in [0.15, 0.2) is 30.3 Å². The summed E-state index contributed by atoms with van der Waals surface area (Å²) in [6, 6.07) is 10.3. The molecule has 0 aromatic heterocycles. The van der Waals surface area contributed by atoms with E-state index in [1.165, 1.54) is 11.8 Å². The third kappa shape index (κ3) is 5.15. The second kappa shape index (κ2) is 8.85.